The lowest BCUT2D eigenvalue weighted by molar-refractivity contribution is -0.138. The van der Waals surface area contributed by atoms with Crippen LogP contribution in [0.5, 0.6) is 0 Å². The lowest BCUT2D eigenvalue weighted by Gasteiger charge is -2.14. The smallest absolute Gasteiger partial charge is 0.293 e. The molecule has 2 atom stereocenters. The molecule has 2 heterocycles. The van der Waals surface area contributed by atoms with Crippen LogP contribution in [-0.2, 0) is 20.0 Å². The highest BCUT2D eigenvalue weighted by molar-refractivity contribution is 5.38. The molecule has 2 unspecified atom stereocenters. The molecular weight excluding hydrogens is 266 g/mol. The van der Waals surface area contributed by atoms with Crippen LogP contribution >= 0.6 is 0 Å². The van der Waals surface area contributed by atoms with E-state index < -0.39 is 0 Å². The number of benzene rings is 1. The molecule has 2 fully saturated rings. The number of nitrogens with zero attached hydrogens (tertiary/aromatic N) is 1. The fraction of sp³-hybridized carbons (Fsp3) is 0.471. The van der Waals surface area contributed by atoms with Gasteiger partial charge >= 0.3 is 0 Å². The second-order valence-electron chi connectivity index (χ2n) is 6.10. The van der Waals surface area contributed by atoms with Gasteiger partial charge in [0.25, 0.3) is 6.47 Å². The van der Waals surface area contributed by atoms with E-state index in [1.807, 2.05) is 32.9 Å². The van der Waals surface area contributed by atoms with Crippen molar-refractivity contribution in [1.82, 2.24) is 4.90 Å². The second kappa shape index (κ2) is 5.88. The average Bonchev–Trinajstić information content (AvgIpc) is 3.00. The lowest BCUT2D eigenvalue weighted by Crippen LogP contribution is -2.17. The van der Waals surface area contributed by atoms with E-state index in [9.17, 15) is 4.79 Å². The lowest BCUT2D eigenvalue weighted by atomic mass is 10.1. The summed E-state index contributed by atoms with van der Waals surface area (Å²) in [5, 5.41) is 0. The number of fused-ring (bicyclic) bond motifs is 1. The van der Waals surface area contributed by atoms with Crippen LogP contribution in [0.25, 0.3) is 0 Å². The first kappa shape index (κ1) is 15.6. The molecule has 0 spiro atoms. The summed E-state index contributed by atoms with van der Waals surface area (Å²) in [5.41, 5.74) is 1.75. The quantitative estimate of drug-likeness (QED) is 0.474. The van der Waals surface area contributed by atoms with Crippen LogP contribution in [0.2, 0.25) is 0 Å². The first-order valence-corrected chi connectivity index (χ1v) is 6.99. The van der Waals surface area contributed by atoms with E-state index in [0.29, 0.717) is 6.47 Å². The second-order valence-corrected chi connectivity index (χ2v) is 6.10. The maximum Gasteiger partial charge on any atom is 0.293 e. The Bertz CT molecular complexity index is 539. The maximum absolute atomic E-state index is 9.60. The number of carbonyl (C=O) groups is 1. The Morgan fingerprint density at radius 1 is 1.38 bits per heavy atom. The molecule has 0 aromatic heterocycles. The Morgan fingerprint density at radius 3 is 2.38 bits per heavy atom. The molecule has 0 saturated carbocycles. The molecule has 1 aromatic carbocycles. The number of morpholine rings is 1. The SMILES string of the molecule is C#Cc1ccc(C23CN2CCO3)cc1.CC(C)(C)OC=O. The van der Waals surface area contributed by atoms with Crippen LogP contribution in [0.1, 0.15) is 31.9 Å². The monoisotopic (exact) mass is 287 g/mol. The van der Waals surface area contributed by atoms with Gasteiger partial charge in [-0.05, 0) is 32.9 Å². The van der Waals surface area contributed by atoms with Gasteiger partial charge in [-0.1, -0.05) is 18.1 Å². The van der Waals surface area contributed by atoms with E-state index >= 15 is 0 Å². The molecule has 112 valence electrons. The van der Waals surface area contributed by atoms with Crippen LogP contribution in [0.4, 0.5) is 0 Å². The number of terminal acetylenes is 1. The topological polar surface area (TPSA) is 38.5 Å². The van der Waals surface area contributed by atoms with Crippen molar-refractivity contribution in [2.45, 2.75) is 32.1 Å². The molecule has 1 aromatic rings. The fourth-order valence-electron chi connectivity index (χ4n) is 2.27. The summed E-state index contributed by atoms with van der Waals surface area (Å²) in [6, 6.07) is 8.09. The molecule has 0 bridgehead atoms. The minimum absolute atomic E-state index is 0.0902. The summed E-state index contributed by atoms with van der Waals surface area (Å²) in [4.78, 5) is 11.9. The van der Waals surface area contributed by atoms with Gasteiger partial charge in [0.05, 0.1) is 6.61 Å². The third-order valence-electron chi connectivity index (χ3n) is 3.42. The molecule has 0 radical (unpaired) electrons. The largest absolute Gasteiger partial charge is 0.462 e. The van der Waals surface area contributed by atoms with Gasteiger partial charge in [0.1, 0.15) is 5.60 Å². The maximum atomic E-state index is 9.60. The van der Waals surface area contributed by atoms with Gasteiger partial charge in [-0.15, -0.1) is 6.42 Å². The van der Waals surface area contributed by atoms with Gasteiger partial charge in [-0.3, -0.25) is 9.69 Å². The Labute approximate surface area is 126 Å². The van der Waals surface area contributed by atoms with Crippen LogP contribution in [0, 0.1) is 12.3 Å². The molecule has 21 heavy (non-hydrogen) atoms. The van der Waals surface area contributed by atoms with E-state index in [2.05, 4.69) is 27.7 Å². The number of hydrogen-bond donors (Lipinski definition) is 0. The van der Waals surface area contributed by atoms with Crippen molar-refractivity contribution < 1.29 is 14.3 Å². The number of hydrogen-bond acceptors (Lipinski definition) is 4. The van der Waals surface area contributed by atoms with Crippen molar-refractivity contribution in [2.24, 2.45) is 0 Å². The van der Waals surface area contributed by atoms with Crippen LogP contribution in [-0.4, -0.2) is 36.7 Å². The third kappa shape index (κ3) is 3.63. The zero-order chi connectivity index (χ0) is 15.5. The fourth-order valence-corrected chi connectivity index (χ4v) is 2.27. The predicted octanol–water partition coefficient (Wildman–Crippen LogP) is 2.12. The molecule has 0 N–H and O–H groups in total. The highest BCUT2D eigenvalue weighted by atomic mass is 16.5. The highest BCUT2D eigenvalue weighted by Crippen LogP contribution is 2.46. The third-order valence-corrected chi connectivity index (χ3v) is 3.42. The molecule has 4 nitrogen and oxygen atoms in total. The van der Waals surface area contributed by atoms with Crippen molar-refractivity contribution in [3.05, 3.63) is 35.4 Å². The van der Waals surface area contributed by atoms with Gasteiger partial charge in [-0.25, -0.2) is 0 Å². The molecule has 4 heteroatoms. The van der Waals surface area contributed by atoms with Gasteiger partial charge in [0, 0.05) is 24.2 Å². The zero-order valence-corrected chi connectivity index (χ0v) is 12.8. The number of carbonyl (C=O) groups excluding carboxylic acids is 1. The van der Waals surface area contributed by atoms with Gasteiger partial charge in [-0.2, -0.15) is 0 Å². The van der Waals surface area contributed by atoms with E-state index in [-0.39, 0.29) is 11.3 Å². The van der Waals surface area contributed by atoms with Gasteiger partial charge < -0.3 is 9.47 Å². The average molecular weight is 287 g/mol. The molecule has 0 amide bonds. The summed E-state index contributed by atoms with van der Waals surface area (Å²) < 4.78 is 10.3. The zero-order valence-electron chi connectivity index (χ0n) is 12.8. The number of ether oxygens (including phenoxy) is 2. The molecule has 2 aliphatic rings. The molecule has 2 aliphatic heterocycles. The van der Waals surface area contributed by atoms with Crippen LogP contribution in [0.15, 0.2) is 24.3 Å². The number of rotatable bonds is 2. The van der Waals surface area contributed by atoms with Crippen LogP contribution in [0.3, 0.4) is 0 Å². The molecule has 2 saturated heterocycles. The Hall–Kier alpha value is -1.83. The summed E-state index contributed by atoms with van der Waals surface area (Å²) in [5.74, 6) is 2.62. The standard InChI is InChI=1S/C12H11NO.C5H10O2/c1-2-10-3-5-11(6-4-10)12-9-13(12)7-8-14-12;1-5(2,3)7-4-6/h1,3-6H,7-9H2;4H,1-3H3. The minimum atomic E-state index is -0.318. The van der Waals surface area contributed by atoms with E-state index in [0.717, 1.165) is 25.3 Å². The van der Waals surface area contributed by atoms with Crippen molar-refractivity contribution >= 4 is 6.47 Å². The first-order chi connectivity index (χ1) is 9.91. The summed E-state index contributed by atoms with van der Waals surface area (Å²) in [6.45, 7) is 8.85. The summed E-state index contributed by atoms with van der Waals surface area (Å²) >= 11 is 0. The normalized spacial score (nSPS) is 25.9. The Morgan fingerprint density at radius 2 is 2.05 bits per heavy atom. The van der Waals surface area contributed by atoms with E-state index in [1.165, 1.54) is 5.56 Å². The van der Waals surface area contributed by atoms with Gasteiger partial charge in [0.15, 0.2) is 5.72 Å². The molecule has 0 aliphatic carbocycles. The van der Waals surface area contributed by atoms with Crippen molar-refractivity contribution in [2.75, 3.05) is 19.7 Å². The van der Waals surface area contributed by atoms with Crippen molar-refractivity contribution in [1.29, 1.82) is 0 Å². The van der Waals surface area contributed by atoms with E-state index in [4.69, 9.17) is 11.2 Å². The summed E-state index contributed by atoms with van der Waals surface area (Å²) in [7, 11) is 0. The first-order valence-electron chi connectivity index (χ1n) is 6.99. The van der Waals surface area contributed by atoms with Crippen molar-refractivity contribution in [3.63, 3.8) is 0 Å². The summed E-state index contributed by atoms with van der Waals surface area (Å²) in [6.07, 6.45) is 5.31. The van der Waals surface area contributed by atoms with E-state index in [1.54, 1.807) is 0 Å². The van der Waals surface area contributed by atoms with Crippen molar-refractivity contribution in [3.8, 4) is 12.3 Å². The Kier molecular flexibility index (Phi) is 4.36. The highest BCUT2D eigenvalue weighted by Gasteiger charge is 2.58. The predicted molar refractivity (Wildman–Crippen MR) is 80.5 cm³/mol. The van der Waals surface area contributed by atoms with Gasteiger partial charge in [0.2, 0.25) is 0 Å². The van der Waals surface area contributed by atoms with Crippen LogP contribution < -0.4 is 0 Å². The molecular formula is C17H21NO3. The molecule has 3 rings (SSSR count). The minimum Gasteiger partial charge on any atom is -0.462 e. The Balaban J connectivity index is 0.000000199.